The third kappa shape index (κ3) is 3.47. The van der Waals surface area contributed by atoms with Gasteiger partial charge in [-0.15, -0.1) is 6.58 Å². The van der Waals surface area contributed by atoms with E-state index in [0.29, 0.717) is 5.92 Å². The van der Waals surface area contributed by atoms with Gasteiger partial charge >= 0.3 is 0 Å². The fourth-order valence-electron chi connectivity index (χ4n) is 2.11. The summed E-state index contributed by atoms with van der Waals surface area (Å²) >= 11 is 0. The van der Waals surface area contributed by atoms with Crippen LogP contribution in [0.4, 0.5) is 5.95 Å². The molecule has 1 aromatic carbocycles. The predicted molar refractivity (Wildman–Crippen MR) is 80.5 cm³/mol. The second-order valence-corrected chi connectivity index (χ2v) is 4.84. The maximum atomic E-state index is 4.50. The lowest BCUT2D eigenvalue weighted by Crippen LogP contribution is -2.13. The van der Waals surface area contributed by atoms with E-state index in [1.54, 1.807) is 0 Å². The molecule has 0 aliphatic heterocycles. The van der Waals surface area contributed by atoms with E-state index in [1.807, 2.05) is 25.3 Å². The zero-order valence-electron chi connectivity index (χ0n) is 11.6. The first-order chi connectivity index (χ1) is 9.20. The van der Waals surface area contributed by atoms with E-state index >= 15 is 0 Å². The van der Waals surface area contributed by atoms with E-state index in [-0.39, 0.29) is 0 Å². The first-order valence-electron chi connectivity index (χ1n) is 6.64. The van der Waals surface area contributed by atoms with Crippen molar-refractivity contribution in [3.8, 4) is 0 Å². The molecule has 19 heavy (non-hydrogen) atoms. The highest BCUT2D eigenvalue weighted by atomic mass is 15.2. The number of allylic oxidation sites excluding steroid dienone is 1. The first-order valence-corrected chi connectivity index (χ1v) is 6.64. The monoisotopic (exact) mass is 255 g/mol. The van der Waals surface area contributed by atoms with E-state index in [2.05, 4.69) is 52.6 Å². The summed E-state index contributed by atoms with van der Waals surface area (Å²) in [7, 11) is 0. The van der Waals surface area contributed by atoms with Crippen molar-refractivity contribution in [2.24, 2.45) is 0 Å². The molecule has 100 valence electrons. The van der Waals surface area contributed by atoms with Crippen molar-refractivity contribution in [2.75, 3.05) is 11.9 Å². The molecule has 1 aromatic heterocycles. The van der Waals surface area contributed by atoms with Crippen LogP contribution in [-0.2, 0) is 6.54 Å². The summed E-state index contributed by atoms with van der Waals surface area (Å²) in [6, 6.07) is 10.5. The fourth-order valence-corrected chi connectivity index (χ4v) is 2.11. The van der Waals surface area contributed by atoms with Gasteiger partial charge in [0.25, 0.3) is 0 Å². The van der Waals surface area contributed by atoms with Gasteiger partial charge in [0.1, 0.15) is 0 Å². The number of anilines is 1. The van der Waals surface area contributed by atoms with Gasteiger partial charge in [-0.25, -0.2) is 4.98 Å². The van der Waals surface area contributed by atoms with Crippen molar-refractivity contribution in [1.82, 2.24) is 9.55 Å². The van der Waals surface area contributed by atoms with Crippen LogP contribution < -0.4 is 5.32 Å². The zero-order chi connectivity index (χ0) is 13.7. The molecule has 3 heteroatoms. The molecule has 3 nitrogen and oxygen atoms in total. The molecule has 0 fully saturated rings. The number of imidazole rings is 1. The molecule has 2 rings (SSSR count). The largest absolute Gasteiger partial charge is 0.355 e. The maximum Gasteiger partial charge on any atom is 0.203 e. The van der Waals surface area contributed by atoms with Crippen LogP contribution in [0.25, 0.3) is 0 Å². The van der Waals surface area contributed by atoms with E-state index in [0.717, 1.165) is 24.7 Å². The Morgan fingerprint density at radius 2 is 2.11 bits per heavy atom. The topological polar surface area (TPSA) is 29.9 Å². The molecule has 2 aromatic rings. The van der Waals surface area contributed by atoms with Crippen LogP contribution in [0.3, 0.4) is 0 Å². The van der Waals surface area contributed by atoms with Gasteiger partial charge in [0.2, 0.25) is 5.95 Å². The molecule has 0 aliphatic carbocycles. The van der Waals surface area contributed by atoms with Crippen LogP contribution in [0.5, 0.6) is 0 Å². The Bertz CT molecular complexity index is 528. The molecule has 0 saturated carbocycles. The smallest absolute Gasteiger partial charge is 0.203 e. The molecular weight excluding hydrogens is 234 g/mol. The summed E-state index contributed by atoms with van der Waals surface area (Å²) in [4.78, 5) is 4.50. The molecule has 1 heterocycles. The van der Waals surface area contributed by atoms with Crippen LogP contribution in [0.2, 0.25) is 0 Å². The quantitative estimate of drug-likeness (QED) is 0.799. The summed E-state index contributed by atoms with van der Waals surface area (Å²) in [6.07, 6.45) is 3.92. The Kier molecular flexibility index (Phi) is 4.39. The first kappa shape index (κ1) is 13.4. The van der Waals surface area contributed by atoms with Gasteiger partial charge in [-0.1, -0.05) is 43.3 Å². The Morgan fingerprint density at radius 1 is 1.37 bits per heavy atom. The van der Waals surface area contributed by atoms with Gasteiger partial charge in [-0.2, -0.15) is 0 Å². The van der Waals surface area contributed by atoms with E-state index in [9.17, 15) is 0 Å². The van der Waals surface area contributed by atoms with Crippen molar-refractivity contribution in [3.63, 3.8) is 0 Å². The minimum Gasteiger partial charge on any atom is -0.355 e. The molecular formula is C16H21N3. The highest BCUT2D eigenvalue weighted by Crippen LogP contribution is 2.16. The number of nitrogens with one attached hydrogen (secondary N) is 1. The third-order valence-corrected chi connectivity index (χ3v) is 3.16. The van der Waals surface area contributed by atoms with Crippen molar-refractivity contribution in [1.29, 1.82) is 0 Å². The molecule has 1 N–H and O–H groups in total. The van der Waals surface area contributed by atoms with E-state index < -0.39 is 0 Å². The lowest BCUT2D eigenvalue weighted by Gasteiger charge is -2.14. The van der Waals surface area contributed by atoms with Crippen molar-refractivity contribution >= 4 is 5.95 Å². The standard InChI is InChI=1S/C16H21N3/c1-4-10-19-12-14(3)18-16(19)17-11-13(2)15-8-6-5-7-9-15/h4-9,12-13H,1,10-11H2,2-3H3,(H,17,18). The van der Waals surface area contributed by atoms with Crippen molar-refractivity contribution in [3.05, 3.63) is 60.4 Å². The minimum atomic E-state index is 0.454. The molecule has 0 amide bonds. The molecule has 1 atom stereocenters. The molecule has 1 unspecified atom stereocenters. The Balaban J connectivity index is 2.00. The molecule has 0 radical (unpaired) electrons. The number of hydrogen-bond donors (Lipinski definition) is 1. The molecule has 0 spiro atoms. The van der Waals surface area contributed by atoms with Crippen LogP contribution in [0.15, 0.2) is 49.2 Å². The number of hydrogen-bond acceptors (Lipinski definition) is 2. The predicted octanol–water partition coefficient (Wildman–Crippen LogP) is 3.59. The summed E-state index contributed by atoms with van der Waals surface area (Å²) in [5.74, 6) is 1.37. The third-order valence-electron chi connectivity index (χ3n) is 3.16. The Morgan fingerprint density at radius 3 is 2.79 bits per heavy atom. The summed E-state index contributed by atoms with van der Waals surface area (Å²) in [6.45, 7) is 9.65. The fraction of sp³-hybridized carbons (Fsp3) is 0.312. The number of benzene rings is 1. The van der Waals surface area contributed by atoms with Gasteiger partial charge in [0.05, 0.1) is 5.69 Å². The van der Waals surface area contributed by atoms with Gasteiger partial charge in [0.15, 0.2) is 0 Å². The van der Waals surface area contributed by atoms with Gasteiger partial charge in [0, 0.05) is 19.3 Å². The van der Waals surface area contributed by atoms with Crippen LogP contribution in [0, 0.1) is 6.92 Å². The number of aryl methyl sites for hydroxylation is 1. The van der Waals surface area contributed by atoms with E-state index in [1.165, 1.54) is 5.56 Å². The van der Waals surface area contributed by atoms with Crippen LogP contribution in [-0.4, -0.2) is 16.1 Å². The highest BCUT2D eigenvalue weighted by molar-refractivity contribution is 5.31. The number of rotatable bonds is 6. The summed E-state index contributed by atoms with van der Waals surface area (Å²) in [5.41, 5.74) is 2.37. The lowest BCUT2D eigenvalue weighted by molar-refractivity contribution is 0.768. The molecule has 0 aliphatic rings. The maximum absolute atomic E-state index is 4.50. The zero-order valence-corrected chi connectivity index (χ0v) is 11.6. The SMILES string of the molecule is C=CCn1cc(C)nc1NCC(C)c1ccccc1. The summed E-state index contributed by atoms with van der Waals surface area (Å²) in [5, 5.41) is 3.42. The van der Waals surface area contributed by atoms with Crippen molar-refractivity contribution in [2.45, 2.75) is 26.3 Å². The Hall–Kier alpha value is -2.03. The average Bonchev–Trinajstić information content (AvgIpc) is 2.78. The van der Waals surface area contributed by atoms with Crippen LogP contribution in [0.1, 0.15) is 24.1 Å². The number of nitrogens with zero attached hydrogens (tertiary/aromatic N) is 2. The van der Waals surface area contributed by atoms with Gasteiger partial charge in [-0.05, 0) is 18.4 Å². The Labute approximate surface area is 115 Å². The highest BCUT2D eigenvalue weighted by Gasteiger charge is 2.08. The van der Waals surface area contributed by atoms with E-state index in [4.69, 9.17) is 0 Å². The second-order valence-electron chi connectivity index (χ2n) is 4.84. The number of aromatic nitrogens is 2. The molecule has 0 bridgehead atoms. The second kappa shape index (κ2) is 6.23. The van der Waals surface area contributed by atoms with Gasteiger partial charge in [-0.3, -0.25) is 0 Å². The normalized spacial score (nSPS) is 12.1. The average molecular weight is 255 g/mol. The lowest BCUT2D eigenvalue weighted by atomic mass is 10.0. The molecule has 0 saturated heterocycles. The van der Waals surface area contributed by atoms with Gasteiger partial charge < -0.3 is 9.88 Å². The van der Waals surface area contributed by atoms with Crippen LogP contribution >= 0.6 is 0 Å². The minimum absolute atomic E-state index is 0.454. The van der Waals surface area contributed by atoms with Crippen molar-refractivity contribution < 1.29 is 0 Å². The summed E-state index contributed by atoms with van der Waals surface area (Å²) < 4.78 is 2.08.